The highest BCUT2D eigenvalue weighted by molar-refractivity contribution is 6.05. The highest BCUT2D eigenvalue weighted by Crippen LogP contribution is 2.35. The number of nitrogens with zero attached hydrogens (tertiary/aromatic N) is 2. The minimum absolute atomic E-state index is 0.0458. The Labute approximate surface area is 140 Å². The number of hydrogen-bond donors (Lipinski definition) is 0. The van der Waals surface area contributed by atoms with Gasteiger partial charge in [0.2, 0.25) is 11.8 Å². The summed E-state index contributed by atoms with van der Waals surface area (Å²) < 4.78 is 13.1. The first-order valence-corrected chi connectivity index (χ1v) is 7.90. The Balaban J connectivity index is 2.05. The van der Waals surface area contributed by atoms with Gasteiger partial charge < -0.3 is 9.80 Å². The summed E-state index contributed by atoms with van der Waals surface area (Å²) in [6.45, 7) is 4.02. The lowest BCUT2D eigenvalue weighted by Gasteiger charge is -2.25. The lowest BCUT2D eigenvalue weighted by molar-refractivity contribution is -0.121. The summed E-state index contributed by atoms with van der Waals surface area (Å²) >= 11 is 0. The van der Waals surface area contributed by atoms with Gasteiger partial charge in [-0.25, -0.2) is 4.39 Å². The third kappa shape index (κ3) is 3.02. The summed E-state index contributed by atoms with van der Waals surface area (Å²) in [5.41, 5.74) is 2.26. The van der Waals surface area contributed by atoms with Gasteiger partial charge in [-0.2, -0.15) is 0 Å². The summed E-state index contributed by atoms with van der Waals surface area (Å²) in [5, 5.41) is 0. The molecule has 0 aromatic heterocycles. The molecule has 24 heavy (non-hydrogen) atoms. The fourth-order valence-electron chi connectivity index (χ4n) is 2.99. The van der Waals surface area contributed by atoms with Crippen LogP contribution < -0.4 is 9.80 Å². The Kier molecular flexibility index (Phi) is 4.34. The molecule has 1 aliphatic rings. The van der Waals surface area contributed by atoms with E-state index < -0.39 is 0 Å². The van der Waals surface area contributed by atoms with Crippen molar-refractivity contribution in [3.63, 3.8) is 0 Å². The number of para-hydroxylation sites is 2. The van der Waals surface area contributed by atoms with Crippen molar-refractivity contribution < 1.29 is 14.0 Å². The van der Waals surface area contributed by atoms with Crippen molar-refractivity contribution in [2.75, 3.05) is 16.3 Å². The Morgan fingerprint density at radius 2 is 1.75 bits per heavy atom. The van der Waals surface area contributed by atoms with Crippen LogP contribution in [0.15, 0.2) is 48.5 Å². The molecule has 1 aliphatic heterocycles. The molecule has 0 saturated heterocycles. The van der Waals surface area contributed by atoms with Gasteiger partial charge in [-0.1, -0.05) is 31.2 Å². The molecule has 0 saturated carbocycles. The molecule has 4 nitrogen and oxygen atoms in total. The second-order valence-electron chi connectivity index (χ2n) is 6.07. The first-order chi connectivity index (χ1) is 11.5. The standard InChI is InChI=1S/C19H19FN2O2/c1-13-11-21(14(2)23)17-5-3-4-6-18(17)22(19(13)24)12-15-7-9-16(20)10-8-15/h3-10,13H,11-12H2,1-2H3/t13-/m0/s1. The number of anilines is 2. The lowest BCUT2D eigenvalue weighted by Crippen LogP contribution is -2.37. The molecule has 0 spiro atoms. The molecule has 0 fully saturated rings. The van der Waals surface area contributed by atoms with Crippen LogP contribution in [0.25, 0.3) is 0 Å². The topological polar surface area (TPSA) is 40.6 Å². The number of carbonyl (C=O) groups is 2. The first kappa shape index (κ1) is 16.2. The van der Waals surface area contributed by atoms with E-state index in [0.29, 0.717) is 18.8 Å². The number of hydrogen-bond acceptors (Lipinski definition) is 2. The SMILES string of the molecule is CC(=O)N1C[C@H](C)C(=O)N(Cc2ccc(F)cc2)c2ccccc21. The fraction of sp³-hybridized carbons (Fsp3) is 0.263. The van der Waals surface area contributed by atoms with Crippen LogP contribution in [-0.4, -0.2) is 18.4 Å². The first-order valence-electron chi connectivity index (χ1n) is 7.90. The number of halogens is 1. The van der Waals surface area contributed by atoms with E-state index in [1.807, 2.05) is 31.2 Å². The summed E-state index contributed by atoms with van der Waals surface area (Å²) in [6.07, 6.45) is 0. The Morgan fingerprint density at radius 1 is 1.12 bits per heavy atom. The molecule has 0 N–H and O–H groups in total. The molecular weight excluding hydrogens is 307 g/mol. The van der Waals surface area contributed by atoms with E-state index in [1.165, 1.54) is 19.1 Å². The summed E-state index contributed by atoms with van der Waals surface area (Å²) in [6, 6.07) is 13.5. The molecule has 0 aliphatic carbocycles. The number of rotatable bonds is 2. The molecule has 1 heterocycles. The molecule has 2 aromatic rings. The second kappa shape index (κ2) is 6.43. The average Bonchev–Trinajstić information content (AvgIpc) is 2.67. The molecule has 0 radical (unpaired) electrons. The van der Waals surface area contributed by atoms with Crippen LogP contribution in [0, 0.1) is 11.7 Å². The van der Waals surface area contributed by atoms with Crippen LogP contribution in [0.3, 0.4) is 0 Å². The zero-order valence-electron chi connectivity index (χ0n) is 13.7. The second-order valence-corrected chi connectivity index (χ2v) is 6.07. The van der Waals surface area contributed by atoms with Crippen molar-refractivity contribution in [2.24, 2.45) is 5.92 Å². The van der Waals surface area contributed by atoms with Gasteiger partial charge in [-0.15, -0.1) is 0 Å². The smallest absolute Gasteiger partial charge is 0.231 e. The maximum atomic E-state index is 13.1. The van der Waals surface area contributed by atoms with Gasteiger partial charge in [0.25, 0.3) is 0 Å². The van der Waals surface area contributed by atoms with Crippen LogP contribution in [0.5, 0.6) is 0 Å². The van der Waals surface area contributed by atoms with Crippen LogP contribution in [-0.2, 0) is 16.1 Å². The predicted octanol–water partition coefficient (Wildman–Crippen LogP) is 3.36. The maximum Gasteiger partial charge on any atom is 0.231 e. The average molecular weight is 326 g/mol. The van der Waals surface area contributed by atoms with Crippen molar-refractivity contribution in [1.29, 1.82) is 0 Å². The van der Waals surface area contributed by atoms with Gasteiger partial charge in [-0.3, -0.25) is 9.59 Å². The molecule has 2 amide bonds. The van der Waals surface area contributed by atoms with Crippen LogP contribution in [0.4, 0.5) is 15.8 Å². The summed E-state index contributed by atoms with van der Waals surface area (Å²) in [5.74, 6) is -0.763. The van der Waals surface area contributed by atoms with E-state index in [9.17, 15) is 14.0 Å². The molecule has 124 valence electrons. The van der Waals surface area contributed by atoms with Crippen molar-refractivity contribution in [1.82, 2.24) is 0 Å². The largest absolute Gasteiger partial charge is 0.310 e. The lowest BCUT2D eigenvalue weighted by atomic mass is 10.1. The van der Waals surface area contributed by atoms with Gasteiger partial charge >= 0.3 is 0 Å². The summed E-state index contributed by atoms with van der Waals surface area (Å²) in [7, 11) is 0. The third-order valence-electron chi connectivity index (χ3n) is 4.24. The highest BCUT2D eigenvalue weighted by Gasteiger charge is 2.32. The molecule has 3 rings (SSSR count). The number of carbonyl (C=O) groups excluding carboxylic acids is 2. The Morgan fingerprint density at radius 3 is 2.38 bits per heavy atom. The van der Waals surface area contributed by atoms with Crippen LogP contribution in [0.2, 0.25) is 0 Å². The van der Waals surface area contributed by atoms with Crippen LogP contribution >= 0.6 is 0 Å². The zero-order valence-corrected chi connectivity index (χ0v) is 13.7. The molecule has 0 unspecified atom stereocenters. The highest BCUT2D eigenvalue weighted by atomic mass is 19.1. The monoisotopic (exact) mass is 326 g/mol. The number of fused-ring (bicyclic) bond motifs is 1. The van der Waals surface area contributed by atoms with E-state index >= 15 is 0 Å². The van der Waals surface area contributed by atoms with E-state index in [0.717, 1.165) is 11.3 Å². The number of amides is 2. The van der Waals surface area contributed by atoms with Crippen molar-refractivity contribution >= 4 is 23.2 Å². The van der Waals surface area contributed by atoms with Gasteiger partial charge in [0.1, 0.15) is 5.82 Å². The van der Waals surface area contributed by atoms with Crippen molar-refractivity contribution in [3.05, 3.63) is 59.9 Å². The molecule has 1 atom stereocenters. The van der Waals surface area contributed by atoms with Gasteiger partial charge in [0.15, 0.2) is 0 Å². The van der Waals surface area contributed by atoms with Gasteiger partial charge in [0, 0.05) is 13.5 Å². The fourth-order valence-corrected chi connectivity index (χ4v) is 2.99. The maximum absolute atomic E-state index is 13.1. The van der Waals surface area contributed by atoms with Crippen molar-refractivity contribution in [3.8, 4) is 0 Å². The molecule has 2 aromatic carbocycles. The molecule has 5 heteroatoms. The Hall–Kier alpha value is -2.69. The minimum atomic E-state index is -0.318. The van der Waals surface area contributed by atoms with E-state index in [-0.39, 0.29) is 23.5 Å². The predicted molar refractivity (Wildman–Crippen MR) is 91.2 cm³/mol. The summed E-state index contributed by atoms with van der Waals surface area (Å²) in [4.78, 5) is 28.2. The normalized spacial score (nSPS) is 17.5. The van der Waals surface area contributed by atoms with Gasteiger partial charge in [-0.05, 0) is 29.8 Å². The van der Waals surface area contributed by atoms with E-state index in [4.69, 9.17) is 0 Å². The minimum Gasteiger partial charge on any atom is -0.310 e. The van der Waals surface area contributed by atoms with Gasteiger partial charge in [0.05, 0.1) is 23.8 Å². The molecule has 0 bridgehead atoms. The van der Waals surface area contributed by atoms with Crippen LogP contribution in [0.1, 0.15) is 19.4 Å². The third-order valence-corrected chi connectivity index (χ3v) is 4.24. The Bertz CT molecular complexity index is 773. The quantitative estimate of drug-likeness (QED) is 0.849. The van der Waals surface area contributed by atoms with Crippen molar-refractivity contribution in [2.45, 2.75) is 20.4 Å². The number of benzene rings is 2. The van der Waals surface area contributed by atoms with E-state index in [2.05, 4.69) is 0 Å². The zero-order chi connectivity index (χ0) is 17.3. The van der Waals surface area contributed by atoms with E-state index in [1.54, 1.807) is 21.9 Å². The molecular formula is C19H19FN2O2.